The predicted molar refractivity (Wildman–Crippen MR) is 74.7 cm³/mol. The van der Waals surface area contributed by atoms with E-state index in [9.17, 15) is 13.2 Å². The summed E-state index contributed by atoms with van der Waals surface area (Å²) >= 11 is 1.23. The molecule has 0 bridgehead atoms. The number of nitrogens with zero attached hydrogens (tertiary/aromatic N) is 3. The molecule has 1 heterocycles. The van der Waals surface area contributed by atoms with Gasteiger partial charge in [0.25, 0.3) is 0 Å². The third kappa shape index (κ3) is 3.78. The molecule has 0 amide bonds. The molecule has 0 saturated heterocycles. The molecule has 7 heteroatoms. The molecule has 0 aliphatic rings. The summed E-state index contributed by atoms with van der Waals surface area (Å²) in [6.45, 7) is 0. The maximum absolute atomic E-state index is 12.5. The van der Waals surface area contributed by atoms with Crippen molar-refractivity contribution in [3.05, 3.63) is 58.8 Å². The highest BCUT2D eigenvalue weighted by Crippen LogP contribution is 2.30. The highest BCUT2D eigenvalue weighted by molar-refractivity contribution is 7.98. The van der Waals surface area contributed by atoms with Crippen molar-refractivity contribution in [3.8, 4) is 12.1 Å². The zero-order valence-corrected chi connectivity index (χ0v) is 11.9. The van der Waals surface area contributed by atoms with E-state index >= 15 is 0 Å². The lowest BCUT2D eigenvalue weighted by molar-refractivity contribution is -0.137. The first-order valence-electron chi connectivity index (χ1n) is 6.03. The molecule has 22 heavy (non-hydrogen) atoms. The Balaban J connectivity index is 2.11. The fraction of sp³-hybridized carbons (Fsp3) is 0.133. The number of hydrogen-bond donors (Lipinski definition) is 0. The summed E-state index contributed by atoms with van der Waals surface area (Å²) in [7, 11) is 0. The minimum absolute atomic E-state index is 0.274. The Morgan fingerprint density at radius 3 is 2.32 bits per heavy atom. The van der Waals surface area contributed by atoms with Crippen molar-refractivity contribution in [1.82, 2.24) is 4.98 Å². The number of rotatable bonds is 3. The molecule has 2 rings (SSSR count). The van der Waals surface area contributed by atoms with E-state index in [1.807, 2.05) is 12.1 Å². The molecule has 2 aromatic rings. The van der Waals surface area contributed by atoms with Gasteiger partial charge >= 0.3 is 6.18 Å². The largest absolute Gasteiger partial charge is 0.416 e. The van der Waals surface area contributed by atoms with Crippen molar-refractivity contribution < 1.29 is 13.2 Å². The maximum Gasteiger partial charge on any atom is 0.416 e. The molecule has 0 aliphatic carbocycles. The number of hydrogen-bond acceptors (Lipinski definition) is 4. The Bertz CT molecular complexity index is 756. The van der Waals surface area contributed by atoms with Crippen molar-refractivity contribution in [1.29, 1.82) is 10.5 Å². The molecule has 0 unspecified atom stereocenters. The molecule has 0 saturated carbocycles. The summed E-state index contributed by atoms with van der Waals surface area (Å²) < 4.78 is 37.4. The second-order valence-electron chi connectivity index (χ2n) is 4.28. The number of benzene rings is 1. The summed E-state index contributed by atoms with van der Waals surface area (Å²) in [6, 6.07) is 10.1. The van der Waals surface area contributed by atoms with Crippen LogP contribution in [0.2, 0.25) is 0 Å². The molecule has 1 aromatic carbocycles. The topological polar surface area (TPSA) is 60.5 Å². The summed E-state index contributed by atoms with van der Waals surface area (Å²) in [6.07, 6.45) is -3.00. The van der Waals surface area contributed by atoms with Crippen LogP contribution in [0.3, 0.4) is 0 Å². The zero-order valence-electron chi connectivity index (χ0n) is 11.1. The average molecular weight is 319 g/mol. The van der Waals surface area contributed by atoms with Crippen LogP contribution >= 0.6 is 11.8 Å². The van der Waals surface area contributed by atoms with Gasteiger partial charge in [-0.05, 0) is 23.8 Å². The molecule has 0 radical (unpaired) electrons. The van der Waals surface area contributed by atoms with E-state index in [1.165, 1.54) is 36.2 Å². The summed E-state index contributed by atoms with van der Waals surface area (Å²) in [5.41, 5.74) is 0.551. The van der Waals surface area contributed by atoms with Crippen LogP contribution in [0.4, 0.5) is 13.2 Å². The Labute approximate surface area is 129 Å². The lowest BCUT2D eigenvalue weighted by Crippen LogP contribution is -2.04. The van der Waals surface area contributed by atoms with Crippen molar-refractivity contribution in [3.63, 3.8) is 0 Å². The molecule has 0 fully saturated rings. The molecule has 1 aromatic heterocycles. The first kappa shape index (κ1) is 15.9. The lowest BCUT2D eigenvalue weighted by atomic mass is 10.1. The van der Waals surface area contributed by atoms with Crippen LogP contribution in [0.15, 0.2) is 41.6 Å². The number of thioether (sulfide) groups is 1. The molecule has 3 nitrogen and oxygen atoms in total. The summed E-state index contributed by atoms with van der Waals surface area (Å²) in [5, 5.41) is 18.2. The van der Waals surface area contributed by atoms with E-state index in [4.69, 9.17) is 10.5 Å². The van der Waals surface area contributed by atoms with Crippen LogP contribution in [0, 0.1) is 22.7 Å². The van der Waals surface area contributed by atoms with Crippen molar-refractivity contribution in [2.45, 2.75) is 17.0 Å². The van der Waals surface area contributed by atoms with Gasteiger partial charge in [0.1, 0.15) is 17.2 Å². The molecule has 0 N–H and O–H groups in total. The highest BCUT2D eigenvalue weighted by Gasteiger charge is 2.29. The predicted octanol–water partition coefficient (Wildman–Crippen LogP) is 4.14. The fourth-order valence-electron chi connectivity index (χ4n) is 1.65. The molecular weight excluding hydrogens is 311 g/mol. The van der Waals surface area contributed by atoms with Gasteiger partial charge in [0.2, 0.25) is 0 Å². The minimum Gasteiger partial charge on any atom is -0.247 e. The number of pyridine rings is 1. The van der Waals surface area contributed by atoms with E-state index in [1.54, 1.807) is 0 Å². The van der Waals surface area contributed by atoms with Gasteiger partial charge < -0.3 is 0 Å². The quantitative estimate of drug-likeness (QED) is 0.798. The Morgan fingerprint density at radius 1 is 1.09 bits per heavy atom. The number of aromatic nitrogens is 1. The number of nitriles is 2. The van der Waals surface area contributed by atoms with Crippen LogP contribution in [-0.4, -0.2) is 4.98 Å². The van der Waals surface area contributed by atoms with Crippen LogP contribution in [-0.2, 0) is 11.9 Å². The summed E-state index contributed by atoms with van der Waals surface area (Å²) in [4.78, 5) is 4.03. The van der Waals surface area contributed by atoms with Gasteiger partial charge in [-0.15, -0.1) is 11.8 Å². The molecular formula is C15H8F3N3S. The highest BCUT2D eigenvalue weighted by atomic mass is 32.2. The van der Waals surface area contributed by atoms with Gasteiger partial charge in [-0.3, -0.25) is 0 Å². The van der Waals surface area contributed by atoms with Gasteiger partial charge in [-0.2, -0.15) is 23.7 Å². The van der Waals surface area contributed by atoms with E-state index in [0.29, 0.717) is 16.3 Å². The monoisotopic (exact) mass is 319 g/mol. The first-order valence-corrected chi connectivity index (χ1v) is 7.02. The Kier molecular flexibility index (Phi) is 4.69. The molecule has 0 spiro atoms. The van der Waals surface area contributed by atoms with Crippen LogP contribution in [0.1, 0.15) is 22.3 Å². The van der Waals surface area contributed by atoms with E-state index in [2.05, 4.69) is 4.98 Å². The molecule has 0 aliphatic heterocycles. The van der Waals surface area contributed by atoms with Crippen LogP contribution in [0.25, 0.3) is 0 Å². The van der Waals surface area contributed by atoms with Crippen molar-refractivity contribution in [2.75, 3.05) is 0 Å². The Hall–Kier alpha value is -2.51. The fourth-order valence-corrected chi connectivity index (χ4v) is 2.53. The van der Waals surface area contributed by atoms with Gasteiger partial charge in [0, 0.05) is 11.9 Å². The third-order valence-electron chi connectivity index (χ3n) is 2.76. The second-order valence-corrected chi connectivity index (χ2v) is 5.25. The smallest absolute Gasteiger partial charge is 0.247 e. The van der Waals surface area contributed by atoms with Gasteiger partial charge in [-0.1, -0.05) is 12.1 Å². The van der Waals surface area contributed by atoms with Crippen molar-refractivity contribution >= 4 is 11.8 Å². The van der Waals surface area contributed by atoms with Crippen LogP contribution < -0.4 is 0 Å². The second kappa shape index (κ2) is 6.50. The van der Waals surface area contributed by atoms with Crippen LogP contribution in [0.5, 0.6) is 0 Å². The van der Waals surface area contributed by atoms with Crippen molar-refractivity contribution in [2.24, 2.45) is 0 Å². The minimum atomic E-state index is -4.35. The number of alkyl halides is 3. The average Bonchev–Trinajstić information content (AvgIpc) is 2.52. The zero-order chi connectivity index (χ0) is 16.2. The first-order chi connectivity index (χ1) is 10.4. The summed E-state index contributed by atoms with van der Waals surface area (Å²) in [5.74, 6) is 0.381. The third-order valence-corrected chi connectivity index (χ3v) is 3.83. The van der Waals surface area contributed by atoms with Gasteiger partial charge in [0.15, 0.2) is 0 Å². The van der Waals surface area contributed by atoms with E-state index < -0.39 is 11.7 Å². The SMILES string of the molecule is N#Cc1cnc(SCc2ccc(C(F)(F)F)cc2)c(C#N)c1. The standard InChI is InChI=1S/C15H8F3N3S/c16-15(17,18)13-3-1-10(2-4-13)9-22-14-12(7-20)5-11(6-19)8-21-14/h1-5,8H,9H2. The normalized spacial score (nSPS) is 10.8. The van der Waals surface area contributed by atoms with Gasteiger partial charge in [0.05, 0.1) is 16.7 Å². The van der Waals surface area contributed by atoms with E-state index in [0.717, 1.165) is 12.1 Å². The Morgan fingerprint density at radius 2 is 1.77 bits per heavy atom. The van der Waals surface area contributed by atoms with Gasteiger partial charge in [-0.25, -0.2) is 4.98 Å². The van der Waals surface area contributed by atoms with E-state index in [-0.39, 0.29) is 11.1 Å². The lowest BCUT2D eigenvalue weighted by Gasteiger charge is -2.07. The molecule has 0 atom stereocenters. The molecule has 110 valence electrons. The number of halogens is 3. The maximum atomic E-state index is 12.5.